The number of anilines is 1. The monoisotopic (exact) mass is 436 g/mol. The fourth-order valence-electron chi connectivity index (χ4n) is 3.87. The lowest BCUT2D eigenvalue weighted by Crippen LogP contribution is -2.42. The highest BCUT2D eigenvalue weighted by molar-refractivity contribution is 6.11. The van der Waals surface area contributed by atoms with E-state index in [1.165, 1.54) is 24.2 Å². The Morgan fingerprint density at radius 2 is 2.10 bits per heavy atom. The van der Waals surface area contributed by atoms with Gasteiger partial charge in [0.05, 0.1) is 23.6 Å². The molecule has 2 aromatic rings. The Kier molecular flexibility index (Phi) is 6.86. The molecule has 0 aromatic carbocycles. The normalized spacial score (nSPS) is 24.6. The van der Waals surface area contributed by atoms with Crippen molar-refractivity contribution in [1.29, 1.82) is 0 Å². The standard InChI is InChI=1S/C19H28N6O6/c1-8(2)12(21-3)18(29)24-16-11-9(15(20)28)5-25(17(11)23-7-22-16)19-14(30-4)13(27)10(6-26)31-19/h5,7-8,10,12-14,19,21,26-27H,6H2,1-4H3,(H2,20,28)(H,22,23,24,29)/t10-,12?,13?,14+,19-/m1/s1. The molecule has 0 radical (unpaired) electrons. The second-order valence-corrected chi connectivity index (χ2v) is 7.67. The number of nitrogens with zero attached hydrogens (tertiary/aromatic N) is 3. The Labute approximate surface area is 178 Å². The third kappa shape index (κ3) is 4.12. The van der Waals surface area contributed by atoms with E-state index in [0.717, 1.165) is 0 Å². The number of aliphatic hydroxyl groups excluding tert-OH is 2. The van der Waals surface area contributed by atoms with E-state index < -0.39 is 43.1 Å². The van der Waals surface area contributed by atoms with Crippen LogP contribution in [-0.4, -0.2) is 81.7 Å². The summed E-state index contributed by atoms with van der Waals surface area (Å²) in [6, 6.07) is -0.486. The lowest BCUT2D eigenvalue weighted by Gasteiger charge is -2.21. The number of hydrogen-bond acceptors (Lipinski definition) is 9. The first-order valence-electron chi connectivity index (χ1n) is 9.85. The number of aromatic nitrogens is 3. The summed E-state index contributed by atoms with van der Waals surface area (Å²) in [6.07, 6.45) is -1.06. The van der Waals surface area contributed by atoms with Crippen LogP contribution in [0.2, 0.25) is 0 Å². The lowest BCUT2D eigenvalue weighted by molar-refractivity contribution is -0.119. The summed E-state index contributed by atoms with van der Waals surface area (Å²) in [7, 11) is 3.07. The number of hydrogen-bond donors (Lipinski definition) is 5. The maximum atomic E-state index is 12.7. The molecule has 1 aliphatic heterocycles. The number of likely N-dealkylation sites (N-methyl/N-ethyl adjacent to an activating group) is 1. The Hall–Kier alpha value is -2.64. The van der Waals surface area contributed by atoms with Gasteiger partial charge in [0.15, 0.2) is 6.23 Å². The van der Waals surface area contributed by atoms with Crippen molar-refractivity contribution in [2.75, 3.05) is 26.1 Å². The molecule has 1 saturated heterocycles. The molecule has 12 heteroatoms. The first-order valence-corrected chi connectivity index (χ1v) is 9.85. The van der Waals surface area contributed by atoms with Crippen LogP contribution in [0.5, 0.6) is 0 Å². The van der Waals surface area contributed by atoms with Gasteiger partial charge in [-0.05, 0) is 13.0 Å². The van der Waals surface area contributed by atoms with Gasteiger partial charge in [-0.25, -0.2) is 9.97 Å². The van der Waals surface area contributed by atoms with Crippen LogP contribution in [0.3, 0.4) is 0 Å². The van der Waals surface area contributed by atoms with E-state index in [1.54, 1.807) is 7.05 Å². The predicted molar refractivity (Wildman–Crippen MR) is 110 cm³/mol. The van der Waals surface area contributed by atoms with Gasteiger partial charge in [-0.3, -0.25) is 9.59 Å². The molecule has 1 aliphatic rings. The molecule has 3 heterocycles. The third-order valence-corrected chi connectivity index (χ3v) is 5.42. The van der Waals surface area contributed by atoms with Gasteiger partial charge >= 0.3 is 0 Å². The Morgan fingerprint density at radius 1 is 1.39 bits per heavy atom. The smallest absolute Gasteiger partial charge is 0.251 e. The van der Waals surface area contributed by atoms with E-state index in [2.05, 4.69) is 20.6 Å². The molecule has 6 N–H and O–H groups in total. The van der Waals surface area contributed by atoms with Crippen LogP contribution in [0.15, 0.2) is 12.5 Å². The van der Waals surface area contributed by atoms with Crippen molar-refractivity contribution in [2.45, 2.75) is 44.4 Å². The van der Waals surface area contributed by atoms with E-state index >= 15 is 0 Å². The third-order valence-electron chi connectivity index (χ3n) is 5.42. The number of primary amides is 1. The lowest BCUT2D eigenvalue weighted by atomic mass is 10.0. The molecule has 5 atom stereocenters. The summed E-state index contributed by atoms with van der Waals surface area (Å²) in [5.41, 5.74) is 5.90. The summed E-state index contributed by atoms with van der Waals surface area (Å²) >= 11 is 0. The molecule has 1 fully saturated rings. The molecular formula is C19H28N6O6. The van der Waals surface area contributed by atoms with Gasteiger partial charge in [0, 0.05) is 13.3 Å². The number of amides is 2. The van der Waals surface area contributed by atoms with Crippen LogP contribution in [0.4, 0.5) is 5.82 Å². The fourth-order valence-corrected chi connectivity index (χ4v) is 3.87. The highest BCUT2D eigenvalue weighted by atomic mass is 16.6. The van der Waals surface area contributed by atoms with Gasteiger partial charge in [0.1, 0.15) is 36.1 Å². The molecule has 12 nitrogen and oxygen atoms in total. The number of fused-ring (bicyclic) bond motifs is 1. The molecule has 2 unspecified atom stereocenters. The highest BCUT2D eigenvalue weighted by Gasteiger charge is 2.45. The quantitative estimate of drug-likeness (QED) is 0.347. The number of carbonyl (C=O) groups excluding carboxylic acids is 2. The van der Waals surface area contributed by atoms with Crippen LogP contribution < -0.4 is 16.4 Å². The molecular weight excluding hydrogens is 408 g/mol. The van der Waals surface area contributed by atoms with Crippen molar-refractivity contribution in [3.8, 4) is 0 Å². The van der Waals surface area contributed by atoms with Gasteiger partial charge in [-0.1, -0.05) is 13.8 Å². The number of ether oxygens (including phenoxy) is 2. The van der Waals surface area contributed by atoms with Gasteiger partial charge in [-0.15, -0.1) is 0 Å². The maximum Gasteiger partial charge on any atom is 0.251 e. The molecule has 170 valence electrons. The van der Waals surface area contributed by atoms with E-state index in [9.17, 15) is 19.8 Å². The van der Waals surface area contributed by atoms with Crippen molar-refractivity contribution < 1.29 is 29.3 Å². The number of aliphatic hydroxyl groups is 2. The minimum Gasteiger partial charge on any atom is -0.394 e. The topological polar surface area (TPSA) is 174 Å². The second kappa shape index (κ2) is 9.24. The zero-order valence-electron chi connectivity index (χ0n) is 17.8. The van der Waals surface area contributed by atoms with Crippen LogP contribution in [0.1, 0.15) is 30.4 Å². The number of carbonyl (C=O) groups is 2. The number of nitrogens with two attached hydrogens (primary N) is 1. The minimum absolute atomic E-state index is 0.00814. The van der Waals surface area contributed by atoms with Crippen molar-refractivity contribution in [3.63, 3.8) is 0 Å². The first kappa shape index (κ1) is 23.0. The van der Waals surface area contributed by atoms with Crippen LogP contribution in [0, 0.1) is 5.92 Å². The summed E-state index contributed by atoms with van der Waals surface area (Å²) in [5.74, 6) is -0.957. The molecule has 31 heavy (non-hydrogen) atoms. The van der Waals surface area contributed by atoms with E-state index in [4.69, 9.17) is 15.2 Å². The van der Waals surface area contributed by atoms with E-state index in [-0.39, 0.29) is 34.2 Å². The number of nitrogens with one attached hydrogen (secondary N) is 2. The van der Waals surface area contributed by atoms with Gasteiger partial charge in [-0.2, -0.15) is 0 Å². The molecule has 3 rings (SSSR count). The van der Waals surface area contributed by atoms with E-state index in [0.29, 0.717) is 0 Å². The summed E-state index contributed by atoms with van der Waals surface area (Å²) in [5, 5.41) is 25.8. The summed E-state index contributed by atoms with van der Waals surface area (Å²) in [6.45, 7) is 3.37. The molecule has 2 amide bonds. The average Bonchev–Trinajstić information content (AvgIpc) is 3.26. The maximum absolute atomic E-state index is 12.7. The number of rotatable bonds is 8. The average molecular weight is 436 g/mol. The van der Waals surface area contributed by atoms with Crippen LogP contribution >= 0.6 is 0 Å². The summed E-state index contributed by atoms with van der Waals surface area (Å²) in [4.78, 5) is 33.3. The number of methoxy groups -OCH3 is 1. The van der Waals surface area contributed by atoms with Gasteiger partial charge < -0.3 is 40.6 Å². The van der Waals surface area contributed by atoms with Gasteiger partial charge in [0.25, 0.3) is 5.91 Å². The molecule has 0 saturated carbocycles. The molecule has 0 spiro atoms. The summed E-state index contributed by atoms with van der Waals surface area (Å²) < 4.78 is 12.6. The minimum atomic E-state index is -1.10. The van der Waals surface area contributed by atoms with Crippen molar-refractivity contribution >= 4 is 28.7 Å². The second-order valence-electron chi connectivity index (χ2n) is 7.67. The predicted octanol–water partition coefficient (Wildman–Crippen LogP) is -1.02. The highest BCUT2D eigenvalue weighted by Crippen LogP contribution is 2.36. The molecule has 0 bridgehead atoms. The van der Waals surface area contributed by atoms with Gasteiger partial charge in [0.2, 0.25) is 5.91 Å². The zero-order valence-corrected chi connectivity index (χ0v) is 17.8. The van der Waals surface area contributed by atoms with E-state index in [1.807, 2.05) is 13.8 Å². The Morgan fingerprint density at radius 3 is 2.65 bits per heavy atom. The zero-order chi connectivity index (χ0) is 22.9. The van der Waals surface area contributed by atoms with Crippen molar-refractivity contribution in [1.82, 2.24) is 19.9 Å². The van der Waals surface area contributed by atoms with Crippen LogP contribution in [0.25, 0.3) is 11.0 Å². The first-order chi connectivity index (χ1) is 14.7. The van der Waals surface area contributed by atoms with Crippen molar-refractivity contribution in [3.05, 3.63) is 18.1 Å². The Balaban J connectivity index is 2.10. The van der Waals surface area contributed by atoms with Crippen LogP contribution in [-0.2, 0) is 14.3 Å². The fraction of sp³-hybridized carbons (Fsp3) is 0.579. The SMILES string of the molecule is CNC(C(=O)Nc1ncnc2c1c(C(N)=O)cn2[C@@H]1O[C@H](CO)C(O)[C@@H]1OC)C(C)C. The largest absolute Gasteiger partial charge is 0.394 e. The molecule has 0 aliphatic carbocycles. The Bertz CT molecular complexity index is 963. The molecule has 2 aromatic heterocycles. The van der Waals surface area contributed by atoms with Crippen molar-refractivity contribution in [2.24, 2.45) is 11.7 Å².